The molecule has 5 heteroatoms. The lowest BCUT2D eigenvalue weighted by molar-refractivity contribution is 0.0153. The van der Waals surface area contributed by atoms with E-state index in [1.807, 2.05) is 53.7 Å². The van der Waals surface area contributed by atoms with Gasteiger partial charge in [0, 0.05) is 24.5 Å². The van der Waals surface area contributed by atoms with E-state index >= 15 is 0 Å². The average Bonchev–Trinajstić information content (AvgIpc) is 2.27. The largest absolute Gasteiger partial charge is 0.539 e. The number of hydrogen-bond acceptors (Lipinski definition) is 4. The van der Waals surface area contributed by atoms with Gasteiger partial charge in [-0.15, -0.1) is 5.46 Å². The van der Waals surface area contributed by atoms with Gasteiger partial charge >= 0.3 is 6.75 Å². The summed E-state index contributed by atoms with van der Waals surface area (Å²) in [6.07, 6.45) is 3.46. The van der Waals surface area contributed by atoms with Crippen LogP contribution in [0.1, 0.15) is 41.5 Å². The molecule has 0 saturated carbocycles. The summed E-state index contributed by atoms with van der Waals surface area (Å²) in [6, 6.07) is 3.79. The fourth-order valence-corrected chi connectivity index (χ4v) is 1.99. The maximum absolute atomic E-state index is 6.02. The Morgan fingerprint density at radius 3 is 1.68 bits per heavy atom. The van der Waals surface area contributed by atoms with Gasteiger partial charge in [0.05, 0.1) is 0 Å². The molecule has 1 rings (SSSR count). The summed E-state index contributed by atoms with van der Waals surface area (Å²) in [6.45, 7) is 9.86. The fraction of sp³-hybridized carbons (Fsp3) is 0.643. The Hall–Kier alpha value is -0.905. The molecule has 0 aromatic carbocycles. The van der Waals surface area contributed by atoms with E-state index in [9.17, 15) is 0 Å². The Morgan fingerprint density at radius 1 is 0.895 bits per heavy atom. The van der Waals surface area contributed by atoms with Gasteiger partial charge in [-0.1, -0.05) is 6.07 Å². The predicted molar refractivity (Wildman–Crippen MR) is 78.3 cm³/mol. The van der Waals surface area contributed by atoms with Gasteiger partial charge in [-0.2, -0.15) is 0 Å². The molecule has 0 aliphatic heterocycles. The molecule has 19 heavy (non-hydrogen) atoms. The second-order valence-corrected chi connectivity index (χ2v) is 5.48. The molecule has 0 spiro atoms. The van der Waals surface area contributed by atoms with Crippen LogP contribution in [0.5, 0.6) is 0 Å². The van der Waals surface area contributed by atoms with E-state index in [1.165, 1.54) is 0 Å². The molecule has 0 atom stereocenters. The molecule has 0 N–H and O–H groups in total. The van der Waals surface area contributed by atoms with E-state index in [0.29, 0.717) is 0 Å². The number of rotatable bonds is 7. The van der Waals surface area contributed by atoms with Gasteiger partial charge < -0.3 is 14.0 Å². The summed E-state index contributed by atoms with van der Waals surface area (Å²) < 4.78 is 18.1. The monoisotopic (exact) mass is 266 g/mol. The molecule has 1 aromatic heterocycles. The van der Waals surface area contributed by atoms with Crippen LogP contribution in [-0.2, 0) is 14.0 Å². The molecule has 0 saturated heterocycles. The van der Waals surface area contributed by atoms with Gasteiger partial charge in [-0.3, -0.25) is 4.98 Å². The first kappa shape index (κ1) is 16.2. The van der Waals surface area contributed by atoms with Crippen molar-refractivity contribution >= 4 is 12.2 Å². The van der Waals surface area contributed by atoms with Crippen molar-refractivity contribution in [1.82, 2.24) is 4.98 Å². The van der Waals surface area contributed by atoms with Gasteiger partial charge in [0.25, 0.3) is 0 Å². The summed E-state index contributed by atoms with van der Waals surface area (Å²) in [5.74, 6) is 0. The smallest absolute Gasteiger partial charge is 0.411 e. The zero-order valence-corrected chi connectivity index (χ0v) is 12.8. The lowest BCUT2D eigenvalue weighted by Crippen LogP contribution is -2.60. The van der Waals surface area contributed by atoms with E-state index in [2.05, 4.69) is 4.98 Å². The predicted octanol–water partition coefficient (Wildman–Crippen LogP) is 2.50. The van der Waals surface area contributed by atoms with Crippen LogP contribution in [-0.4, -0.2) is 30.1 Å². The summed E-state index contributed by atoms with van der Waals surface area (Å²) >= 11 is 0. The average molecular weight is 266 g/mol. The number of nitrogens with zero attached hydrogens (tertiary/aromatic N) is 1. The van der Waals surface area contributed by atoms with Crippen LogP contribution < -0.4 is 5.46 Å². The van der Waals surface area contributed by atoms with E-state index in [4.69, 9.17) is 14.0 Å². The highest BCUT2D eigenvalue weighted by molar-refractivity contribution is 6.75. The first-order valence-corrected chi connectivity index (χ1v) is 6.93. The van der Waals surface area contributed by atoms with E-state index in [-0.39, 0.29) is 18.3 Å². The van der Waals surface area contributed by atoms with Crippen molar-refractivity contribution in [3.8, 4) is 0 Å². The van der Waals surface area contributed by atoms with Gasteiger partial charge in [0.1, 0.15) is 0 Å². The molecule has 0 aliphatic carbocycles. The van der Waals surface area contributed by atoms with Crippen LogP contribution in [0.4, 0.5) is 0 Å². The maximum atomic E-state index is 6.02. The minimum atomic E-state index is -1.98. The quantitative estimate of drug-likeness (QED) is 0.711. The van der Waals surface area contributed by atoms with Gasteiger partial charge in [0.2, 0.25) is 0 Å². The molecule has 0 unspecified atom stereocenters. The molecule has 0 bridgehead atoms. The van der Waals surface area contributed by atoms with Crippen LogP contribution >= 0.6 is 0 Å². The molecule has 0 aliphatic rings. The summed E-state index contributed by atoms with van der Waals surface area (Å²) in [7, 11) is 0. The van der Waals surface area contributed by atoms with E-state index in [1.54, 1.807) is 12.4 Å². The Labute approximate surface area is 116 Å². The summed E-state index contributed by atoms with van der Waals surface area (Å²) in [5, 5.41) is 0. The maximum Gasteiger partial charge on any atom is 0.411 e. The van der Waals surface area contributed by atoms with Crippen molar-refractivity contribution in [3.05, 3.63) is 24.5 Å². The Bertz CT molecular complexity index is 342. The van der Waals surface area contributed by atoms with Crippen molar-refractivity contribution in [2.75, 3.05) is 0 Å². The second kappa shape index (κ2) is 7.03. The van der Waals surface area contributed by atoms with E-state index < -0.39 is 6.75 Å². The third kappa shape index (κ3) is 4.93. The standard InChI is InChI=1S/C14H25BNO3/c1-11(2)17-15(18-12(3)4,19-13(5)6)14-8-7-9-16-10-14/h7-13H,1-6H3/q-1. The third-order valence-corrected chi connectivity index (χ3v) is 2.45. The van der Waals surface area contributed by atoms with Crippen LogP contribution in [0.3, 0.4) is 0 Å². The highest BCUT2D eigenvalue weighted by Crippen LogP contribution is 2.17. The van der Waals surface area contributed by atoms with Crippen molar-refractivity contribution in [2.45, 2.75) is 59.9 Å². The molecule has 0 radical (unpaired) electrons. The molecule has 1 aromatic rings. The van der Waals surface area contributed by atoms with Crippen molar-refractivity contribution in [3.63, 3.8) is 0 Å². The lowest BCUT2D eigenvalue weighted by atomic mass is 9.68. The minimum Gasteiger partial charge on any atom is -0.539 e. The molecule has 1 heterocycles. The zero-order valence-electron chi connectivity index (χ0n) is 12.8. The summed E-state index contributed by atoms with van der Waals surface area (Å²) in [5.41, 5.74) is 0.832. The molecule has 4 nitrogen and oxygen atoms in total. The third-order valence-electron chi connectivity index (χ3n) is 2.45. The first-order valence-electron chi connectivity index (χ1n) is 6.93. The Balaban J connectivity index is 3.16. The number of pyridine rings is 1. The molecular weight excluding hydrogens is 241 g/mol. The topological polar surface area (TPSA) is 40.6 Å². The van der Waals surface area contributed by atoms with Crippen LogP contribution in [0.2, 0.25) is 0 Å². The lowest BCUT2D eigenvalue weighted by Gasteiger charge is -2.46. The van der Waals surface area contributed by atoms with Crippen molar-refractivity contribution in [2.24, 2.45) is 0 Å². The Kier molecular flexibility index (Phi) is 5.98. The van der Waals surface area contributed by atoms with Crippen LogP contribution in [0, 0.1) is 0 Å². The number of hydrogen-bond donors (Lipinski definition) is 0. The molecule has 0 fully saturated rings. The Morgan fingerprint density at radius 2 is 1.37 bits per heavy atom. The second-order valence-electron chi connectivity index (χ2n) is 5.48. The SMILES string of the molecule is CC(C)O[B-](OC(C)C)(OC(C)C)c1cccnc1. The highest BCUT2D eigenvalue weighted by Gasteiger charge is 2.34. The van der Waals surface area contributed by atoms with Gasteiger partial charge in [-0.05, 0) is 53.8 Å². The first-order chi connectivity index (χ1) is 8.85. The molecule has 108 valence electrons. The van der Waals surface area contributed by atoms with Gasteiger partial charge in [0.15, 0.2) is 0 Å². The van der Waals surface area contributed by atoms with E-state index in [0.717, 1.165) is 5.46 Å². The van der Waals surface area contributed by atoms with Crippen molar-refractivity contribution < 1.29 is 14.0 Å². The zero-order chi connectivity index (χ0) is 14.5. The highest BCUT2D eigenvalue weighted by atomic mass is 16.8. The normalized spacial score (nSPS) is 12.7. The molecular formula is C14H25BNO3-. The van der Waals surface area contributed by atoms with Crippen LogP contribution in [0.25, 0.3) is 0 Å². The summed E-state index contributed by atoms with van der Waals surface area (Å²) in [4.78, 5) is 4.15. The van der Waals surface area contributed by atoms with Crippen LogP contribution in [0.15, 0.2) is 24.5 Å². The van der Waals surface area contributed by atoms with Gasteiger partial charge in [-0.25, -0.2) is 0 Å². The fourth-order valence-electron chi connectivity index (χ4n) is 1.99. The van der Waals surface area contributed by atoms with Crippen molar-refractivity contribution in [1.29, 1.82) is 0 Å². The molecule has 0 amide bonds. The minimum absolute atomic E-state index is 0.00212. The number of aromatic nitrogens is 1.